The van der Waals surface area contributed by atoms with Gasteiger partial charge in [-0.15, -0.1) is 11.3 Å². The zero-order chi connectivity index (χ0) is 33.1. The van der Waals surface area contributed by atoms with Crippen LogP contribution in [0.3, 0.4) is 0 Å². The van der Waals surface area contributed by atoms with Crippen LogP contribution in [0.1, 0.15) is 22.3 Å². The normalized spacial score (nSPS) is 13.0. The fraction of sp³-hybridized carbons (Fsp3) is 0.0204. The van der Waals surface area contributed by atoms with E-state index in [-0.39, 0.29) is 0 Å². The molecule has 0 fully saturated rings. The molecule has 0 nitrogen and oxygen atoms in total. The van der Waals surface area contributed by atoms with Gasteiger partial charge >= 0.3 is 0 Å². The molecule has 1 aliphatic carbocycles. The summed E-state index contributed by atoms with van der Waals surface area (Å²) in [5, 5.41) is 5.12. The summed E-state index contributed by atoms with van der Waals surface area (Å²) >= 11 is 1.87. The summed E-state index contributed by atoms with van der Waals surface area (Å²) in [4.78, 5) is 2.55. The predicted molar refractivity (Wildman–Crippen MR) is 213 cm³/mol. The first-order valence-electron chi connectivity index (χ1n) is 17.3. The van der Waals surface area contributed by atoms with Gasteiger partial charge in [-0.3, -0.25) is 0 Å². The molecule has 9 aromatic rings. The fourth-order valence-electron chi connectivity index (χ4n) is 8.37. The van der Waals surface area contributed by atoms with Gasteiger partial charge < -0.3 is 0 Å². The van der Waals surface area contributed by atoms with Gasteiger partial charge in [-0.25, -0.2) is 0 Å². The van der Waals surface area contributed by atoms with Crippen LogP contribution in [0.4, 0.5) is 0 Å². The molecule has 234 valence electrons. The van der Waals surface area contributed by atoms with E-state index in [1.807, 2.05) is 11.3 Å². The molecule has 0 atom stereocenters. The molecular formula is C49H32S. The largest absolute Gasteiger partial charge is 0.135 e. The monoisotopic (exact) mass is 652 g/mol. The van der Waals surface area contributed by atoms with E-state index in [1.165, 1.54) is 86.9 Å². The topological polar surface area (TPSA) is 0 Å². The lowest BCUT2D eigenvalue weighted by Gasteiger charge is -2.34. The van der Waals surface area contributed by atoms with Gasteiger partial charge in [0.2, 0.25) is 0 Å². The van der Waals surface area contributed by atoms with Gasteiger partial charge in [0.15, 0.2) is 0 Å². The summed E-state index contributed by atoms with van der Waals surface area (Å²) in [6.07, 6.45) is 0. The van der Waals surface area contributed by atoms with Crippen LogP contribution in [-0.4, -0.2) is 0 Å². The van der Waals surface area contributed by atoms with Gasteiger partial charge in [-0.05, 0) is 101 Å². The summed E-state index contributed by atoms with van der Waals surface area (Å²) in [6, 6.07) is 71.7. The standard InChI is InChI=1S/C49H32S/c1-3-15-38(16-4-1)49(39-17-5-2-6-18-39)44-22-12-11-21-42(44)43-28-27-37(32-45(43)49)47-30-29-46(50-47)33-23-25-34(26-24-33)48-40-19-9-7-13-35(40)31-36-14-8-10-20-41(36)48/h1-32H. The van der Waals surface area contributed by atoms with Crippen molar-refractivity contribution < 1.29 is 0 Å². The second kappa shape index (κ2) is 11.6. The van der Waals surface area contributed by atoms with Crippen LogP contribution in [0, 0.1) is 0 Å². The highest BCUT2D eigenvalue weighted by Gasteiger charge is 2.46. The molecule has 8 aromatic carbocycles. The average Bonchev–Trinajstić information content (AvgIpc) is 3.80. The van der Waals surface area contributed by atoms with Crippen molar-refractivity contribution in [1.82, 2.24) is 0 Å². The van der Waals surface area contributed by atoms with Crippen molar-refractivity contribution in [1.29, 1.82) is 0 Å². The van der Waals surface area contributed by atoms with Crippen molar-refractivity contribution >= 4 is 32.9 Å². The van der Waals surface area contributed by atoms with Crippen LogP contribution in [0.5, 0.6) is 0 Å². The Hall–Kier alpha value is -6.02. The van der Waals surface area contributed by atoms with Crippen molar-refractivity contribution in [3.8, 4) is 43.1 Å². The van der Waals surface area contributed by atoms with E-state index >= 15 is 0 Å². The van der Waals surface area contributed by atoms with Crippen LogP contribution >= 0.6 is 11.3 Å². The van der Waals surface area contributed by atoms with Crippen LogP contribution in [0.2, 0.25) is 0 Å². The van der Waals surface area contributed by atoms with Gasteiger partial charge in [0, 0.05) is 9.75 Å². The van der Waals surface area contributed by atoms with E-state index in [4.69, 9.17) is 0 Å². The van der Waals surface area contributed by atoms with Crippen molar-refractivity contribution in [2.75, 3.05) is 0 Å². The van der Waals surface area contributed by atoms with E-state index in [0.29, 0.717) is 0 Å². The van der Waals surface area contributed by atoms with Crippen LogP contribution in [0.15, 0.2) is 194 Å². The van der Waals surface area contributed by atoms with Crippen LogP contribution in [-0.2, 0) is 5.41 Å². The Morgan fingerprint density at radius 3 is 1.50 bits per heavy atom. The Kier molecular flexibility index (Phi) is 6.69. The SMILES string of the molecule is c1ccc(C2(c3ccccc3)c3ccccc3-c3ccc(-c4ccc(-c5ccc(-c6c7ccccc7cc7ccccc67)cc5)s4)cc32)cc1. The maximum atomic E-state index is 2.46. The summed E-state index contributed by atoms with van der Waals surface area (Å²) in [5.41, 5.74) is 12.5. The first-order valence-corrected chi connectivity index (χ1v) is 18.1. The van der Waals surface area contributed by atoms with E-state index in [9.17, 15) is 0 Å². The summed E-state index contributed by atoms with van der Waals surface area (Å²) in [6.45, 7) is 0. The molecule has 0 unspecified atom stereocenters. The van der Waals surface area contributed by atoms with Gasteiger partial charge in [0.1, 0.15) is 0 Å². The summed E-state index contributed by atoms with van der Waals surface area (Å²) in [5.74, 6) is 0. The third kappa shape index (κ3) is 4.37. The molecule has 0 bridgehead atoms. The Morgan fingerprint density at radius 2 is 0.840 bits per heavy atom. The van der Waals surface area contributed by atoms with E-state index in [0.717, 1.165) is 0 Å². The zero-order valence-electron chi connectivity index (χ0n) is 27.4. The highest BCUT2D eigenvalue weighted by molar-refractivity contribution is 7.18. The molecule has 0 N–H and O–H groups in total. The molecule has 1 heteroatoms. The van der Waals surface area contributed by atoms with Crippen molar-refractivity contribution in [2.24, 2.45) is 0 Å². The second-order valence-corrected chi connectivity index (χ2v) is 14.3. The Bertz CT molecular complexity index is 2590. The van der Waals surface area contributed by atoms with Crippen molar-refractivity contribution in [3.05, 3.63) is 216 Å². The quantitative estimate of drug-likeness (QED) is 0.162. The smallest absolute Gasteiger partial charge is 0.0713 e. The Balaban J connectivity index is 1.07. The molecule has 0 saturated carbocycles. The summed E-state index contributed by atoms with van der Waals surface area (Å²) in [7, 11) is 0. The van der Waals surface area contributed by atoms with E-state index < -0.39 is 5.41 Å². The van der Waals surface area contributed by atoms with E-state index in [2.05, 4.69) is 194 Å². The maximum absolute atomic E-state index is 2.46. The zero-order valence-corrected chi connectivity index (χ0v) is 28.2. The lowest BCUT2D eigenvalue weighted by atomic mass is 9.67. The van der Waals surface area contributed by atoms with Crippen molar-refractivity contribution in [2.45, 2.75) is 5.41 Å². The molecule has 0 amide bonds. The molecule has 0 spiro atoms. The minimum absolute atomic E-state index is 0.397. The minimum Gasteiger partial charge on any atom is -0.135 e. The molecule has 1 aromatic heterocycles. The van der Waals surface area contributed by atoms with Crippen molar-refractivity contribution in [3.63, 3.8) is 0 Å². The molecular weight excluding hydrogens is 621 g/mol. The summed E-state index contributed by atoms with van der Waals surface area (Å²) < 4.78 is 0. The Labute approximate surface area is 296 Å². The van der Waals surface area contributed by atoms with Gasteiger partial charge in [-0.1, -0.05) is 170 Å². The average molecular weight is 653 g/mol. The van der Waals surface area contributed by atoms with Gasteiger partial charge in [-0.2, -0.15) is 0 Å². The highest BCUT2D eigenvalue weighted by Crippen LogP contribution is 2.57. The number of thiophene rings is 1. The van der Waals surface area contributed by atoms with Crippen LogP contribution in [0.25, 0.3) is 64.7 Å². The lowest BCUT2D eigenvalue weighted by Crippen LogP contribution is -2.28. The predicted octanol–water partition coefficient (Wildman–Crippen LogP) is 13.4. The first kappa shape index (κ1) is 28.9. The second-order valence-electron chi connectivity index (χ2n) is 13.2. The molecule has 1 heterocycles. The van der Waals surface area contributed by atoms with E-state index in [1.54, 1.807) is 0 Å². The molecule has 0 saturated heterocycles. The number of fused-ring (bicyclic) bond motifs is 5. The molecule has 1 aliphatic rings. The van der Waals surface area contributed by atoms with Gasteiger partial charge in [0.25, 0.3) is 0 Å². The molecule has 0 aliphatic heterocycles. The Morgan fingerprint density at radius 1 is 0.340 bits per heavy atom. The third-order valence-electron chi connectivity index (χ3n) is 10.6. The number of benzene rings is 8. The minimum atomic E-state index is -0.397. The number of hydrogen-bond donors (Lipinski definition) is 0. The third-order valence-corrected chi connectivity index (χ3v) is 11.8. The number of rotatable bonds is 5. The van der Waals surface area contributed by atoms with Crippen LogP contribution < -0.4 is 0 Å². The molecule has 10 rings (SSSR count). The highest BCUT2D eigenvalue weighted by atomic mass is 32.1. The maximum Gasteiger partial charge on any atom is 0.0713 e. The molecule has 0 radical (unpaired) electrons. The molecule has 50 heavy (non-hydrogen) atoms. The number of hydrogen-bond acceptors (Lipinski definition) is 1. The fourth-order valence-corrected chi connectivity index (χ4v) is 9.38. The van der Waals surface area contributed by atoms with Gasteiger partial charge in [0.05, 0.1) is 5.41 Å². The lowest BCUT2D eigenvalue weighted by molar-refractivity contribution is 0.769. The first-order chi connectivity index (χ1) is 24.8.